The minimum atomic E-state index is -3.65. The van der Waals surface area contributed by atoms with Gasteiger partial charge in [-0.05, 0) is 49.7 Å². The van der Waals surface area contributed by atoms with Crippen molar-refractivity contribution in [1.29, 1.82) is 0 Å². The van der Waals surface area contributed by atoms with Crippen LogP contribution in [0.5, 0.6) is 0 Å². The molecule has 8 heteroatoms. The monoisotopic (exact) mass is 394 g/mol. The van der Waals surface area contributed by atoms with Crippen molar-refractivity contribution >= 4 is 31.6 Å². The van der Waals surface area contributed by atoms with Gasteiger partial charge in [0.2, 0.25) is 10.0 Å². The summed E-state index contributed by atoms with van der Waals surface area (Å²) in [7, 11) is -3.65. The Morgan fingerprint density at radius 2 is 2.00 bits per heavy atom. The number of sulfonamides is 1. The molecule has 0 saturated heterocycles. The Morgan fingerprint density at radius 3 is 2.74 bits per heavy atom. The predicted octanol–water partition coefficient (Wildman–Crippen LogP) is 2.84. The molecule has 120 valence electrons. The van der Waals surface area contributed by atoms with Gasteiger partial charge in [0.1, 0.15) is 0 Å². The lowest BCUT2D eigenvalue weighted by atomic mass is 10.2. The number of fused-ring (bicyclic) bond motifs is 1. The lowest BCUT2D eigenvalue weighted by molar-refractivity contribution is 0.558. The van der Waals surface area contributed by atoms with E-state index in [1.165, 1.54) is 0 Å². The van der Waals surface area contributed by atoms with Crippen LogP contribution in [0, 0.1) is 6.92 Å². The fraction of sp³-hybridized carbons (Fsp3) is 0.200. The van der Waals surface area contributed by atoms with Crippen molar-refractivity contribution in [3.63, 3.8) is 0 Å². The molecule has 0 saturated carbocycles. The van der Waals surface area contributed by atoms with Crippen LogP contribution in [0.4, 0.5) is 0 Å². The number of aryl methyl sites for hydroxylation is 1. The number of pyridine rings is 1. The van der Waals surface area contributed by atoms with Crippen LogP contribution in [0.1, 0.15) is 24.4 Å². The van der Waals surface area contributed by atoms with E-state index < -0.39 is 16.1 Å². The van der Waals surface area contributed by atoms with Gasteiger partial charge in [-0.3, -0.25) is 4.40 Å². The second-order valence-corrected chi connectivity index (χ2v) is 7.81. The summed E-state index contributed by atoms with van der Waals surface area (Å²) in [6.07, 6.45) is 1.80. The van der Waals surface area contributed by atoms with Crippen LogP contribution in [0.3, 0.4) is 0 Å². The van der Waals surface area contributed by atoms with Crippen LogP contribution < -0.4 is 4.72 Å². The minimum Gasteiger partial charge on any atom is -0.285 e. The van der Waals surface area contributed by atoms with Crippen LogP contribution in [0.2, 0.25) is 0 Å². The molecule has 0 spiro atoms. The first-order chi connectivity index (χ1) is 10.9. The predicted molar refractivity (Wildman–Crippen MR) is 90.6 cm³/mol. The number of hydrogen-bond donors (Lipinski definition) is 1. The zero-order chi connectivity index (χ0) is 16.6. The van der Waals surface area contributed by atoms with E-state index in [2.05, 4.69) is 30.8 Å². The molecule has 1 N–H and O–H groups in total. The van der Waals surface area contributed by atoms with Crippen LogP contribution in [0.25, 0.3) is 5.65 Å². The number of benzene rings is 1. The Balaban J connectivity index is 1.92. The van der Waals surface area contributed by atoms with E-state index in [1.807, 2.05) is 25.1 Å². The molecule has 3 aromatic rings. The van der Waals surface area contributed by atoms with Crippen molar-refractivity contribution in [1.82, 2.24) is 19.3 Å². The summed E-state index contributed by atoms with van der Waals surface area (Å²) >= 11 is 3.37. The summed E-state index contributed by atoms with van der Waals surface area (Å²) in [5, 5.41) is 8.12. The molecule has 0 aliphatic heterocycles. The highest BCUT2D eigenvalue weighted by atomic mass is 79.9. The van der Waals surface area contributed by atoms with Crippen LogP contribution in [-0.2, 0) is 10.0 Å². The van der Waals surface area contributed by atoms with Gasteiger partial charge in [-0.15, -0.1) is 10.2 Å². The van der Waals surface area contributed by atoms with Crippen molar-refractivity contribution in [2.75, 3.05) is 0 Å². The highest BCUT2D eigenvalue weighted by Crippen LogP contribution is 2.21. The van der Waals surface area contributed by atoms with Gasteiger partial charge in [0, 0.05) is 10.7 Å². The summed E-state index contributed by atoms with van der Waals surface area (Å²) in [5.41, 5.74) is 1.53. The molecule has 2 aromatic heterocycles. The van der Waals surface area contributed by atoms with Crippen LogP contribution in [-0.4, -0.2) is 23.0 Å². The fourth-order valence-electron chi connectivity index (χ4n) is 2.29. The van der Waals surface area contributed by atoms with E-state index in [1.54, 1.807) is 35.7 Å². The number of nitrogens with one attached hydrogen (secondary N) is 1. The van der Waals surface area contributed by atoms with Crippen molar-refractivity contribution in [3.05, 3.63) is 58.5 Å². The number of rotatable bonds is 4. The smallest absolute Gasteiger partial charge is 0.241 e. The molecule has 23 heavy (non-hydrogen) atoms. The van der Waals surface area contributed by atoms with Crippen molar-refractivity contribution in [2.24, 2.45) is 0 Å². The Kier molecular flexibility index (Phi) is 4.22. The first kappa shape index (κ1) is 16.1. The molecule has 0 bridgehead atoms. The average Bonchev–Trinajstić information content (AvgIpc) is 2.93. The number of halogens is 1. The van der Waals surface area contributed by atoms with Gasteiger partial charge in [-0.2, -0.15) is 0 Å². The maximum absolute atomic E-state index is 12.6. The van der Waals surface area contributed by atoms with Gasteiger partial charge in [0.25, 0.3) is 0 Å². The first-order valence-corrected chi connectivity index (χ1v) is 9.24. The van der Waals surface area contributed by atoms with E-state index in [4.69, 9.17) is 0 Å². The molecule has 0 radical (unpaired) electrons. The average molecular weight is 395 g/mol. The Morgan fingerprint density at radius 1 is 1.22 bits per heavy atom. The van der Waals surface area contributed by atoms with E-state index in [0.29, 0.717) is 11.5 Å². The normalized spacial score (nSPS) is 13.3. The molecule has 2 heterocycles. The molecule has 0 amide bonds. The SMILES string of the molecule is Cc1cc(S(=O)(=O)NC(C)c2nnc3ccccn23)ccc1Br. The Bertz CT molecular complexity index is 969. The molecular formula is C15H15BrN4O2S. The Labute approximate surface area is 142 Å². The van der Waals surface area contributed by atoms with Gasteiger partial charge in [-0.1, -0.05) is 22.0 Å². The topological polar surface area (TPSA) is 76.4 Å². The lowest BCUT2D eigenvalue weighted by Crippen LogP contribution is -2.28. The van der Waals surface area contributed by atoms with Crippen molar-refractivity contribution in [2.45, 2.75) is 24.8 Å². The third-order valence-electron chi connectivity index (χ3n) is 3.50. The molecule has 0 aliphatic carbocycles. The lowest BCUT2D eigenvalue weighted by Gasteiger charge is -2.13. The summed E-state index contributed by atoms with van der Waals surface area (Å²) in [4.78, 5) is 0.221. The minimum absolute atomic E-state index is 0.221. The number of hydrogen-bond acceptors (Lipinski definition) is 4. The summed E-state index contributed by atoms with van der Waals surface area (Å²) < 4.78 is 30.4. The zero-order valence-corrected chi connectivity index (χ0v) is 15.0. The molecule has 1 aromatic carbocycles. The highest BCUT2D eigenvalue weighted by Gasteiger charge is 2.22. The summed E-state index contributed by atoms with van der Waals surface area (Å²) in [5.74, 6) is 0.540. The highest BCUT2D eigenvalue weighted by molar-refractivity contribution is 9.10. The molecular weight excluding hydrogens is 380 g/mol. The van der Waals surface area contributed by atoms with E-state index >= 15 is 0 Å². The molecule has 0 aliphatic rings. The Hall–Kier alpha value is -1.77. The van der Waals surface area contributed by atoms with Crippen LogP contribution >= 0.6 is 15.9 Å². The van der Waals surface area contributed by atoms with Crippen molar-refractivity contribution in [3.8, 4) is 0 Å². The van der Waals surface area contributed by atoms with Gasteiger partial charge in [-0.25, -0.2) is 13.1 Å². The van der Waals surface area contributed by atoms with Crippen LogP contribution in [0.15, 0.2) is 52.0 Å². The fourth-order valence-corrected chi connectivity index (χ4v) is 3.83. The van der Waals surface area contributed by atoms with Crippen molar-refractivity contribution < 1.29 is 8.42 Å². The van der Waals surface area contributed by atoms with Gasteiger partial charge in [0.05, 0.1) is 10.9 Å². The molecule has 6 nitrogen and oxygen atoms in total. The largest absolute Gasteiger partial charge is 0.285 e. The third-order valence-corrected chi connectivity index (χ3v) is 5.93. The molecule has 1 unspecified atom stereocenters. The van der Waals surface area contributed by atoms with E-state index in [-0.39, 0.29) is 4.90 Å². The number of aromatic nitrogens is 3. The molecule has 0 fully saturated rings. The summed E-state index contributed by atoms with van der Waals surface area (Å²) in [6, 6.07) is 9.92. The molecule has 1 atom stereocenters. The van der Waals surface area contributed by atoms with E-state index in [9.17, 15) is 8.42 Å². The standard InChI is InChI=1S/C15H15BrN4O2S/c1-10-9-12(6-7-13(10)16)23(21,22)19-11(2)15-18-17-14-5-3-4-8-20(14)15/h3-9,11,19H,1-2H3. The van der Waals surface area contributed by atoms with Gasteiger partial charge < -0.3 is 0 Å². The first-order valence-electron chi connectivity index (χ1n) is 6.96. The second-order valence-electron chi connectivity index (χ2n) is 5.24. The quantitative estimate of drug-likeness (QED) is 0.737. The second kappa shape index (κ2) is 6.03. The zero-order valence-electron chi connectivity index (χ0n) is 12.6. The van der Waals surface area contributed by atoms with Gasteiger partial charge in [0.15, 0.2) is 11.5 Å². The summed E-state index contributed by atoms with van der Waals surface area (Å²) in [6.45, 7) is 3.59. The maximum atomic E-state index is 12.6. The van der Waals surface area contributed by atoms with E-state index in [0.717, 1.165) is 10.0 Å². The maximum Gasteiger partial charge on any atom is 0.241 e. The van der Waals surface area contributed by atoms with Gasteiger partial charge >= 0.3 is 0 Å². The number of nitrogens with zero attached hydrogens (tertiary/aromatic N) is 3. The third kappa shape index (κ3) is 3.15. The molecule has 3 rings (SSSR count).